The molecule has 0 aliphatic carbocycles. The van der Waals surface area contributed by atoms with Crippen LogP contribution in [0.4, 0.5) is 0 Å². The van der Waals surface area contributed by atoms with Crippen LogP contribution in [-0.4, -0.2) is 61.4 Å². The molecule has 0 rings (SSSR count). The fraction of sp³-hybridized carbons (Fsp3) is 1.00. The lowest BCUT2D eigenvalue weighted by molar-refractivity contribution is 0.319. The molecule has 0 N–H and O–H groups in total. The summed E-state index contributed by atoms with van der Waals surface area (Å²) in [6.07, 6.45) is 2.78. The van der Waals surface area contributed by atoms with E-state index in [1.54, 1.807) is 0 Å². The van der Waals surface area contributed by atoms with E-state index in [4.69, 9.17) is 0 Å². The average Bonchev–Trinajstić information content (AvgIpc) is 2.29. The van der Waals surface area contributed by atoms with E-state index < -0.39 is 0 Å². The molecule has 0 saturated heterocycles. The minimum Gasteiger partial charge on any atom is -0.304 e. The van der Waals surface area contributed by atoms with E-state index in [1.165, 1.54) is 51.6 Å². The maximum absolute atomic E-state index is 2.52. The number of nitrogens with zero attached hydrogens (tertiary/aromatic N) is 2. The van der Waals surface area contributed by atoms with Crippen LogP contribution in [0.2, 0.25) is 0 Å². The van der Waals surface area contributed by atoms with Crippen molar-refractivity contribution < 1.29 is 0 Å². The van der Waals surface area contributed by atoms with Crippen LogP contribution in [0.25, 0.3) is 0 Å². The molecule has 0 bridgehead atoms. The predicted octanol–water partition coefficient (Wildman–Crippen LogP) is 2.35. The minimum atomic E-state index is 1.15. The average molecular weight is 232 g/mol. The summed E-state index contributed by atoms with van der Waals surface area (Å²) in [5.74, 6) is 0. The van der Waals surface area contributed by atoms with Gasteiger partial charge in [-0.2, -0.15) is 0 Å². The normalized spacial score (nSPS) is 11.6. The van der Waals surface area contributed by atoms with Gasteiger partial charge in [0.25, 0.3) is 0 Å². The van der Waals surface area contributed by atoms with Crippen LogP contribution in [0.15, 0.2) is 0 Å². The first-order valence-corrected chi connectivity index (χ1v) is 7.85. The van der Waals surface area contributed by atoms with Crippen molar-refractivity contribution in [2.45, 2.75) is 27.7 Å². The standard InChI is InChI=1S/C12H29N2P/c1-5-13(6-2)9-11-15-12-10-14(7-3)8-4/h15H,5-12H2,1-4H3. The smallest absolute Gasteiger partial charge is 0.00181 e. The third-order valence-electron chi connectivity index (χ3n) is 3.00. The summed E-state index contributed by atoms with van der Waals surface area (Å²) in [6.45, 7) is 16.4. The first-order valence-electron chi connectivity index (χ1n) is 6.43. The van der Waals surface area contributed by atoms with Gasteiger partial charge in [-0.25, -0.2) is 0 Å². The van der Waals surface area contributed by atoms with Gasteiger partial charge in [-0.05, 0) is 38.5 Å². The Morgan fingerprint density at radius 1 is 0.667 bits per heavy atom. The zero-order valence-corrected chi connectivity index (χ0v) is 12.1. The number of hydrogen-bond donors (Lipinski definition) is 0. The third kappa shape index (κ3) is 8.19. The molecule has 0 fully saturated rings. The van der Waals surface area contributed by atoms with E-state index in [0.717, 1.165) is 8.58 Å². The summed E-state index contributed by atoms with van der Waals surface area (Å²) < 4.78 is 0. The molecule has 0 atom stereocenters. The highest BCUT2D eigenvalue weighted by Gasteiger charge is 2.00. The predicted molar refractivity (Wildman–Crippen MR) is 73.6 cm³/mol. The van der Waals surface area contributed by atoms with Crippen LogP contribution in [0, 0.1) is 0 Å². The Hall–Kier alpha value is 0.350. The fourth-order valence-corrected chi connectivity index (χ4v) is 2.88. The second-order valence-corrected chi connectivity index (χ2v) is 5.30. The molecular weight excluding hydrogens is 203 g/mol. The second-order valence-electron chi connectivity index (χ2n) is 3.80. The molecule has 0 radical (unpaired) electrons. The molecular formula is C12H29N2P. The second kappa shape index (κ2) is 10.9. The fourth-order valence-electron chi connectivity index (χ4n) is 1.68. The van der Waals surface area contributed by atoms with E-state index >= 15 is 0 Å². The van der Waals surface area contributed by atoms with E-state index in [-0.39, 0.29) is 0 Å². The minimum absolute atomic E-state index is 1.15. The van der Waals surface area contributed by atoms with Gasteiger partial charge in [-0.1, -0.05) is 27.7 Å². The van der Waals surface area contributed by atoms with Crippen molar-refractivity contribution in [3.8, 4) is 0 Å². The molecule has 0 heterocycles. The maximum Gasteiger partial charge on any atom is 0.00181 e. The van der Waals surface area contributed by atoms with E-state index in [2.05, 4.69) is 37.5 Å². The molecule has 0 aromatic carbocycles. The molecule has 0 aromatic heterocycles. The van der Waals surface area contributed by atoms with Crippen molar-refractivity contribution >= 4 is 8.58 Å². The van der Waals surface area contributed by atoms with E-state index in [0.29, 0.717) is 0 Å². The van der Waals surface area contributed by atoms with Crippen LogP contribution in [0.5, 0.6) is 0 Å². The molecule has 0 aromatic rings. The maximum atomic E-state index is 2.52. The van der Waals surface area contributed by atoms with Crippen molar-refractivity contribution in [3.05, 3.63) is 0 Å². The van der Waals surface area contributed by atoms with Gasteiger partial charge < -0.3 is 9.80 Å². The molecule has 0 aliphatic heterocycles. The monoisotopic (exact) mass is 232 g/mol. The quantitative estimate of drug-likeness (QED) is 0.421. The molecule has 0 amide bonds. The van der Waals surface area contributed by atoms with Crippen LogP contribution in [-0.2, 0) is 0 Å². The van der Waals surface area contributed by atoms with Gasteiger partial charge in [-0.15, -0.1) is 8.58 Å². The Balaban J connectivity index is 3.30. The Kier molecular flexibility index (Phi) is 11.1. The molecule has 0 unspecified atom stereocenters. The summed E-state index contributed by atoms with van der Waals surface area (Å²) >= 11 is 0. The van der Waals surface area contributed by atoms with E-state index in [1.807, 2.05) is 0 Å². The zero-order valence-electron chi connectivity index (χ0n) is 11.1. The first kappa shape index (κ1) is 15.3. The molecule has 3 heteroatoms. The van der Waals surface area contributed by atoms with Crippen LogP contribution < -0.4 is 0 Å². The Morgan fingerprint density at radius 3 is 1.27 bits per heavy atom. The van der Waals surface area contributed by atoms with Crippen molar-refractivity contribution in [3.63, 3.8) is 0 Å². The summed E-state index contributed by atoms with van der Waals surface area (Å²) in [4.78, 5) is 5.04. The van der Waals surface area contributed by atoms with Gasteiger partial charge in [0.05, 0.1) is 0 Å². The SMILES string of the molecule is CCN(CC)CCPCCN(CC)CC. The molecule has 2 nitrogen and oxygen atoms in total. The number of rotatable bonds is 10. The lowest BCUT2D eigenvalue weighted by atomic mass is 10.5. The van der Waals surface area contributed by atoms with Crippen LogP contribution >= 0.6 is 8.58 Å². The lowest BCUT2D eigenvalue weighted by Gasteiger charge is -2.19. The van der Waals surface area contributed by atoms with Crippen molar-refractivity contribution in [2.75, 3.05) is 51.6 Å². The van der Waals surface area contributed by atoms with Gasteiger partial charge in [0.1, 0.15) is 0 Å². The first-order chi connectivity index (χ1) is 7.28. The summed E-state index contributed by atoms with van der Waals surface area (Å²) in [7, 11) is 1.15. The highest BCUT2D eigenvalue weighted by atomic mass is 31.1. The highest BCUT2D eigenvalue weighted by Crippen LogP contribution is 2.09. The summed E-state index contributed by atoms with van der Waals surface area (Å²) in [5.41, 5.74) is 0. The van der Waals surface area contributed by atoms with Crippen molar-refractivity contribution in [1.82, 2.24) is 9.80 Å². The topological polar surface area (TPSA) is 6.48 Å². The molecule has 0 aliphatic rings. The van der Waals surface area contributed by atoms with Gasteiger partial charge in [-0.3, -0.25) is 0 Å². The van der Waals surface area contributed by atoms with Crippen LogP contribution in [0.1, 0.15) is 27.7 Å². The lowest BCUT2D eigenvalue weighted by Crippen LogP contribution is -2.27. The van der Waals surface area contributed by atoms with Gasteiger partial charge >= 0.3 is 0 Å². The molecule has 0 spiro atoms. The third-order valence-corrected chi connectivity index (χ3v) is 4.15. The van der Waals surface area contributed by atoms with Crippen molar-refractivity contribution in [1.29, 1.82) is 0 Å². The van der Waals surface area contributed by atoms with E-state index in [9.17, 15) is 0 Å². The van der Waals surface area contributed by atoms with Crippen LogP contribution in [0.3, 0.4) is 0 Å². The summed E-state index contributed by atoms with van der Waals surface area (Å²) in [6, 6.07) is 0. The number of hydrogen-bond acceptors (Lipinski definition) is 2. The Labute approximate surface area is 98.2 Å². The van der Waals surface area contributed by atoms with Gasteiger partial charge in [0, 0.05) is 13.1 Å². The summed E-state index contributed by atoms with van der Waals surface area (Å²) in [5, 5.41) is 0. The molecule has 92 valence electrons. The van der Waals surface area contributed by atoms with Crippen molar-refractivity contribution in [2.24, 2.45) is 0 Å². The largest absolute Gasteiger partial charge is 0.304 e. The zero-order chi connectivity index (χ0) is 11.5. The molecule has 15 heavy (non-hydrogen) atoms. The Bertz CT molecular complexity index is 109. The highest BCUT2D eigenvalue weighted by molar-refractivity contribution is 7.38. The molecule has 0 saturated carbocycles. The Morgan fingerprint density at radius 2 is 1.00 bits per heavy atom. The van der Waals surface area contributed by atoms with Gasteiger partial charge in [0.2, 0.25) is 0 Å². The van der Waals surface area contributed by atoms with Gasteiger partial charge in [0.15, 0.2) is 0 Å².